The third-order valence-electron chi connectivity index (χ3n) is 4.66. The molecule has 2 aromatic carbocycles. The van der Waals surface area contributed by atoms with Gasteiger partial charge in [0.15, 0.2) is 0 Å². The molecule has 1 unspecified atom stereocenters. The molecule has 1 aliphatic rings. The first-order valence-corrected chi connectivity index (χ1v) is 8.79. The smallest absolute Gasteiger partial charge is 0.344 e. The summed E-state index contributed by atoms with van der Waals surface area (Å²) in [6.45, 7) is 3.35. The number of nitrogens with zero attached hydrogens (tertiary/aromatic N) is 1. The lowest BCUT2D eigenvalue weighted by molar-refractivity contribution is -0.138. The van der Waals surface area contributed by atoms with Gasteiger partial charge >= 0.3 is 6.03 Å². The maximum Gasteiger partial charge on any atom is 0.344 e. The molecule has 1 aliphatic heterocycles. The van der Waals surface area contributed by atoms with Crippen molar-refractivity contribution in [1.82, 2.24) is 15.8 Å². The second kappa shape index (κ2) is 7.49. The Labute approximate surface area is 157 Å². The largest absolute Gasteiger partial charge is 0.376 e. The van der Waals surface area contributed by atoms with Gasteiger partial charge in [0.1, 0.15) is 5.54 Å². The summed E-state index contributed by atoms with van der Waals surface area (Å²) in [6.07, 6.45) is 0.437. The van der Waals surface area contributed by atoms with Gasteiger partial charge in [-0.05, 0) is 25.0 Å². The molecule has 1 saturated heterocycles. The molecule has 0 bridgehead atoms. The van der Waals surface area contributed by atoms with Crippen molar-refractivity contribution in [3.63, 3.8) is 0 Å². The van der Waals surface area contributed by atoms with Crippen LogP contribution in [-0.4, -0.2) is 34.9 Å². The van der Waals surface area contributed by atoms with Crippen molar-refractivity contribution in [1.29, 1.82) is 0 Å². The predicted molar refractivity (Wildman–Crippen MR) is 103 cm³/mol. The third-order valence-corrected chi connectivity index (χ3v) is 4.66. The van der Waals surface area contributed by atoms with E-state index in [4.69, 9.17) is 0 Å². The van der Waals surface area contributed by atoms with Crippen molar-refractivity contribution in [3.8, 4) is 11.1 Å². The molecular weight excluding hydrogens is 344 g/mol. The Morgan fingerprint density at radius 1 is 1.07 bits per heavy atom. The number of para-hydroxylation sites is 1. The normalized spacial score (nSPS) is 19.0. The number of hydrogen-bond donors (Lipinski definition) is 3. The van der Waals surface area contributed by atoms with Gasteiger partial charge in [-0.3, -0.25) is 15.0 Å². The molecule has 2 aromatic rings. The van der Waals surface area contributed by atoms with Gasteiger partial charge in [0, 0.05) is 11.3 Å². The third kappa shape index (κ3) is 3.76. The Balaban J connectivity index is 1.66. The molecule has 4 amide bonds. The van der Waals surface area contributed by atoms with Crippen molar-refractivity contribution in [2.75, 3.05) is 11.9 Å². The maximum absolute atomic E-state index is 12.3. The Bertz CT molecular complexity index is 869. The molecular formula is C20H22N4O3. The highest BCUT2D eigenvalue weighted by Gasteiger charge is 2.47. The molecule has 140 valence electrons. The number of nitrogens with one attached hydrogen (secondary N) is 3. The van der Waals surface area contributed by atoms with Crippen LogP contribution in [0.2, 0.25) is 0 Å². The molecule has 27 heavy (non-hydrogen) atoms. The molecule has 0 spiro atoms. The zero-order chi connectivity index (χ0) is 19.4. The van der Waals surface area contributed by atoms with E-state index in [9.17, 15) is 14.4 Å². The number of carbonyl (C=O) groups is 3. The van der Waals surface area contributed by atoms with Crippen molar-refractivity contribution < 1.29 is 14.4 Å². The number of hydrazine groups is 1. The lowest BCUT2D eigenvalue weighted by atomic mass is 10.00. The topological polar surface area (TPSA) is 90.5 Å². The summed E-state index contributed by atoms with van der Waals surface area (Å²) < 4.78 is 0. The molecule has 1 atom stereocenters. The Morgan fingerprint density at radius 3 is 2.41 bits per heavy atom. The minimum absolute atomic E-state index is 0.0796. The van der Waals surface area contributed by atoms with Crippen molar-refractivity contribution in [3.05, 3.63) is 54.6 Å². The molecule has 1 fully saturated rings. The van der Waals surface area contributed by atoms with Gasteiger partial charge in [-0.1, -0.05) is 55.5 Å². The lowest BCUT2D eigenvalue weighted by Crippen LogP contribution is -2.50. The van der Waals surface area contributed by atoms with Crippen LogP contribution in [0.4, 0.5) is 10.5 Å². The van der Waals surface area contributed by atoms with E-state index in [-0.39, 0.29) is 6.54 Å². The number of hydrogen-bond acceptors (Lipinski definition) is 4. The van der Waals surface area contributed by atoms with E-state index in [0.717, 1.165) is 21.8 Å². The highest BCUT2D eigenvalue weighted by atomic mass is 16.2. The Morgan fingerprint density at radius 2 is 1.74 bits per heavy atom. The first kappa shape index (κ1) is 18.4. The fraction of sp³-hybridized carbons (Fsp3) is 0.250. The summed E-state index contributed by atoms with van der Waals surface area (Å²) in [4.78, 5) is 36.6. The number of amides is 4. The van der Waals surface area contributed by atoms with E-state index in [2.05, 4.69) is 16.1 Å². The van der Waals surface area contributed by atoms with Gasteiger partial charge in [0.05, 0.1) is 6.54 Å². The summed E-state index contributed by atoms with van der Waals surface area (Å²) in [5.41, 5.74) is 4.15. The SMILES string of the molecule is CCC1(C)NC(=O)N(NC(=O)CNc2ccccc2-c2ccccc2)C1=O. The van der Waals surface area contributed by atoms with Crippen LogP contribution >= 0.6 is 0 Å². The van der Waals surface area contributed by atoms with Gasteiger partial charge in [-0.15, -0.1) is 0 Å². The summed E-state index contributed by atoms with van der Waals surface area (Å²) in [5.74, 6) is -0.949. The van der Waals surface area contributed by atoms with Crippen LogP contribution in [0.3, 0.4) is 0 Å². The maximum atomic E-state index is 12.3. The zero-order valence-corrected chi connectivity index (χ0v) is 15.3. The van der Waals surface area contributed by atoms with Crippen LogP contribution in [0.5, 0.6) is 0 Å². The molecule has 0 aromatic heterocycles. The number of benzene rings is 2. The van der Waals surface area contributed by atoms with Crippen LogP contribution in [0.15, 0.2) is 54.6 Å². The zero-order valence-electron chi connectivity index (χ0n) is 15.3. The lowest BCUT2D eigenvalue weighted by Gasteiger charge is -2.19. The van der Waals surface area contributed by atoms with Crippen molar-refractivity contribution >= 4 is 23.5 Å². The molecule has 3 rings (SSSR count). The molecule has 7 nitrogen and oxygen atoms in total. The van der Waals surface area contributed by atoms with E-state index in [1.807, 2.05) is 54.6 Å². The summed E-state index contributed by atoms with van der Waals surface area (Å²) in [5, 5.41) is 6.41. The quantitative estimate of drug-likeness (QED) is 0.685. The highest BCUT2D eigenvalue weighted by Crippen LogP contribution is 2.27. The average molecular weight is 366 g/mol. The number of anilines is 1. The first-order chi connectivity index (χ1) is 12.9. The van der Waals surface area contributed by atoms with Gasteiger partial charge in [0.2, 0.25) is 0 Å². The van der Waals surface area contributed by atoms with Crippen molar-refractivity contribution in [2.45, 2.75) is 25.8 Å². The van der Waals surface area contributed by atoms with Crippen LogP contribution in [0.25, 0.3) is 11.1 Å². The monoisotopic (exact) mass is 366 g/mol. The second-order valence-electron chi connectivity index (χ2n) is 6.56. The number of imide groups is 1. The fourth-order valence-electron chi connectivity index (χ4n) is 2.87. The molecule has 0 aliphatic carbocycles. The van der Waals surface area contributed by atoms with Gasteiger partial charge < -0.3 is 10.6 Å². The van der Waals surface area contributed by atoms with Gasteiger partial charge in [0.25, 0.3) is 11.8 Å². The van der Waals surface area contributed by atoms with Crippen LogP contribution in [0.1, 0.15) is 20.3 Å². The molecule has 0 saturated carbocycles. The van der Waals surface area contributed by atoms with Crippen LogP contribution in [-0.2, 0) is 9.59 Å². The van der Waals surface area contributed by atoms with Gasteiger partial charge in [-0.2, -0.15) is 5.01 Å². The standard InChI is InChI=1S/C20H22N4O3/c1-3-20(2)18(26)24(19(27)22-20)23-17(25)13-21-16-12-8-7-11-15(16)14-9-5-4-6-10-14/h4-12,21H,3,13H2,1-2H3,(H,22,27)(H,23,25). The Hall–Kier alpha value is -3.35. The van der Waals surface area contributed by atoms with E-state index in [0.29, 0.717) is 6.42 Å². The second-order valence-corrected chi connectivity index (χ2v) is 6.56. The predicted octanol–water partition coefficient (Wildman–Crippen LogP) is 2.52. The fourth-order valence-corrected chi connectivity index (χ4v) is 2.87. The minimum atomic E-state index is -0.988. The first-order valence-electron chi connectivity index (χ1n) is 8.79. The molecule has 1 heterocycles. The van der Waals surface area contributed by atoms with E-state index >= 15 is 0 Å². The van der Waals surface area contributed by atoms with E-state index in [1.54, 1.807) is 13.8 Å². The Kier molecular flexibility index (Phi) is 5.12. The van der Waals surface area contributed by atoms with Crippen LogP contribution in [0, 0.1) is 0 Å². The molecule has 0 radical (unpaired) electrons. The number of urea groups is 1. The highest BCUT2D eigenvalue weighted by molar-refractivity contribution is 6.07. The van der Waals surface area contributed by atoms with Crippen LogP contribution < -0.4 is 16.1 Å². The summed E-state index contributed by atoms with van der Waals surface area (Å²) in [7, 11) is 0. The summed E-state index contributed by atoms with van der Waals surface area (Å²) in [6, 6.07) is 16.8. The number of carbonyl (C=O) groups excluding carboxylic acids is 3. The van der Waals surface area contributed by atoms with E-state index in [1.165, 1.54) is 0 Å². The molecule has 7 heteroatoms. The molecule has 3 N–H and O–H groups in total. The van der Waals surface area contributed by atoms with E-state index < -0.39 is 23.4 Å². The summed E-state index contributed by atoms with van der Waals surface area (Å²) >= 11 is 0. The minimum Gasteiger partial charge on any atom is -0.376 e. The number of rotatable bonds is 6. The van der Waals surface area contributed by atoms with Crippen molar-refractivity contribution in [2.24, 2.45) is 0 Å². The van der Waals surface area contributed by atoms with Gasteiger partial charge in [-0.25, -0.2) is 4.79 Å². The average Bonchev–Trinajstić information content (AvgIpc) is 2.91.